The first-order chi connectivity index (χ1) is 7.26. The van der Waals surface area contributed by atoms with Crippen molar-refractivity contribution in [1.82, 2.24) is 4.90 Å². The molecule has 0 bridgehead atoms. The van der Waals surface area contributed by atoms with E-state index in [9.17, 15) is 4.79 Å². The molecular weight excluding hydrogens is 190 g/mol. The van der Waals surface area contributed by atoms with Crippen molar-refractivity contribution in [2.45, 2.75) is 39.0 Å². The van der Waals surface area contributed by atoms with Gasteiger partial charge in [-0.2, -0.15) is 0 Å². The number of aliphatic hydroxyl groups is 1. The predicted molar refractivity (Wildman–Crippen MR) is 62.6 cm³/mol. The molecule has 0 aliphatic rings. The number of amides is 1. The van der Waals surface area contributed by atoms with E-state index in [-0.39, 0.29) is 12.5 Å². The van der Waals surface area contributed by atoms with Crippen LogP contribution in [-0.4, -0.2) is 35.6 Å². The lowest BCUT2D eigenvalue weighted by Crippen LogP contribution is -2.31. The fraction of sp³-hybridized carbons (Fsp3) is 0.750. The average molecular weight is 213 g/mol. The zero-order valence-electron chi connectivity index (χ0n) is 9.74. The first-order valence-electron chi connectivity index (χ1n) is 5.75. The highest BCUT2D eigenvalue weighted by Crippen LogP contribution is 2.02. The van der Waals surface area contributed by atoms with Crippen LogP contribution in [0.2, 0.25) is 0 Å². The smallest absolute Gasteiger partial charge is 0.222 e. The number of carbonyl (C=O) groups is 1. The summed E-state index contributed by atoms with van der Waals surface area (Å²) in [6.45, 7) is 7.32. The second-order valence-corrected chi connectivity index (χ2v) is 3.66. The quantitative estimate of drug-likeness (QED) is 0.470. The summed E-state index contributed by atoms with van der Waals surface area (Å²) in [6.07, 6.45) is 6.04. The zero-order valence-corrected chi connectivity index (χ0v) is 9.74. The van der Waals surface area contributed by atoms with Gasteiger partial charge in [0, 0.05) is 26.1 Å². The van der Waals surface area contributed by atoms with Crippen molar-refractivity contribution < 1.29 is 9.90 Å². The van der Waals surface area contributed by atoms with Crippen molar-refractivity contribution in [1.29, 1.82) is 0 Å². The van der Waals surface area contributed by atoms with Crippen molar-refractivity contribution in [3.8, 4) is 0 Å². The maximum absolute atomic E-state index is 11.6. The van der Waals surface area contributed by atoms with E-state index in [1.165, 1.54) is 0 Å². The second kappa shape index (κ2) is 9.71. The van der Waals surface area contributed by atoms with Gasteiger partial charge in [0.1, 0.15) is 0 Å². The molecule has 3 heteroatoms. The van der Waals surface area contributed by atoms with E-state index >= 15 is 0 Å². The van der Waals surface area contributed by atoms with Gasteiger partial charge in [-0.1, -0.05) is 13.0 Å². The van der Waals surface area contributed by atoms with Gasteiger partial charge in [0.05, 0.1) is 0 Å². The normalized spacial score (nSPS) is 10.0. The third-order valence-electron chi connectivity index (χ3n) is 2.25. The Hall–Kier alpha value is -0.830. The van der Waals surface area contributed by atoms with E-state index in [0.717, 1.165) is 32.2 Å². The van der Waals surface area contributed by atoms with Gasteiger partial charge in [0.2, 0.25) is 5.91 Å². The lowest BCUT2D eigenvalue weighted by atomic mass is 10.2. The highest BCUT2D eigenvalue weighted by atomic mass is 16.2. The molecule has 0 saturated heterocycles. The second-order valence-electron chi connectivity index (χ2n) is 3.66. The van der Waals surface area contributed by atoms with E-state index in [2.05, 4.69) is 6.58 Å². The van der Waals surface area contributed by atoms with Gasteiger partial charge in [-0.05, 0) is 25.7 Å². The van der Waals surface area contributed by atoms with E-state index < -0.39 is 0 Å². The topological polar surface area (TPSA) is 40.5 Å². The van der Waals surface area contributed by atoms with Crippen LogP contribution in [0, 0.1) is 0 Å². The molecule has 15 heavy (non-hydrogen) atoms. The zero-order chi connectivity index (χ0) is 11.5. The van der Waals surface area contributed by atoms with Crippen LogP contribution in [0.4, 0.5) is 0 Å². The molecule has 0 aromatic heterocycles. The standard InChI is InChI=1S/C12H23NO2/c1-3-8-12(15)13(9-4-2)10-6-5-7-11-14/h4,14H,2-3,5-11H2,1H3. The Morgan fingerprint density at radius 1 is 1.40 bits per heavy atom. The molecule has 1 amide bonds. The Balaban J connectivity index is 3.81. The SMILES string of the molecule is C=CCN(CCCCCO)C(=O)CCC. The van der Waals surface area contributed by atoms with E-state index in [4.69, 9.17) is 5.11 Å². The Morgan fingerprint density at radius 3 is 2.67 bits per heavy atom. The summed E-state index contributed by atoms with van der Waals surface area (Å²) in [6, 6.07) is 0. The molecule has 0 aromatic carbocycles. The van der Waals surface area contributed by atoms with Crippen LogP contribution in [0.25, 0.3) is 0 Å². The molecule has 0 atom stereocenters. The minimum absolute atomic E-state index is 0.210. The molecule has 0 spiro atoms. The fourth-order valence-corrected chi connectivity index (χ4v) is 1.44. The monoisotopic (exact) mass is 213 g/mol. The molecule has 0 unspecified atom stereocenters. The first-order valence-corrected chi connectivity index (χ1v) is 5.75. The van der Waals surface area contributed by atoms with E-state index in [0.29, 0.717) is 13.0 Å². The summed E-state index contributed by atoms with van der Waals surface area (Å²) in [7, 11) is 0. The Kier molecular flexibility index (Phi) is 9.18. The first kappa shape index (κ1) is 14.2. The highest BCUT2D eigenvalue weighted by Gasteiger charge is 2.09. The third kappa shape index (κ3) is 7.14. The predicted octanol–water partition coefficient (Wildman–Crippen LogP) is 1.96. The number of nitrogens with zero attached hydrogens (tertiary/aromatic N) is 1. The number of hydrogen-bond acceptors (Lipinski definition) is 2. The lowest BCUT2D eigenvalue weighted by Gasteiger charge is -2.20. The summed E-state index contributed by atoms with van der Waals surface area (Å²) in [5, 5.41) is 8.63. The van der Waals surface area contributed by atoms with Gasteiger partial charge < -0.3 is 10.0 Å². The summed E-state index contributed by atoms with van der Waals surface area (Å²) in [4.78, 5) is 13.5. The summed E-state index contributed by atoms with van der Waals surface area (Å²) >= 11 is 0. The molecule has 0 fully saturated rings. The molecule has 0 rings (SSSR count). The highest BCUT2D eigenvalue weighted by molar-refractivity contribution is 5.76. The van der Waals surface area contributed by atoms with Crippen LogP contribution in [0.3, 0.4) is 0 Å². The molecule has 0 aliphatic heterocycles. The lowest BCUT2D eigenvalue weighted by molar-refractivity contribution is -0.130. The van der Waals surface area contributed by atoms with Gasteiger partial charge in [-0.3, -0.25) is 4.79 Å². The molecule has 0 heterocycles. The molecule has 1 N–H and O–H groups in total. The van der Waals surface area contributed by atoms with Crippen LogP contribution < -0.4 is 0 Å². The Morgan fingerprint density at radius 2 is 2.13 bits per heavy atom. The third-order valence-corrected chi connectivity index (χ3v) is 2.25. The molecule has 0 aromatic rings. The number of hydrogen-bond donors (Lipinski definition) is 1. The summed E-state index contributed by atoms with van der Waals surface area (Å²) < 4.78 is 0. The largest absolute Gasteiger partial charge is 0.396 e. The minimum atomic E-state index is 0.210. The van der Waals surface area contributed by atoms with Crippen LogP contribution >= 0.6 is 0 Å². The maximum Gasteiger partial charge on any atom is 0.222 e. The number of aliphatic hydroxyl groups excluding tert-OH is 1. The van der Waals surface area contributed by atoms with Crippen LogP contribution in [0.5, 0.6) is 0 Å². The van der Waals surface area contributed by atoms with Crippen molar-refractivity contribution in [2.24, 2.45) is 0 Å². The molecule has 3 nitrogen and oxygen atoms in total. The van der Waals surface area contributed by atoms with Crippen LogP contribution in [0.15, 0.2) is 12.7 Å². The van der Waals surface area contributed by atoms with Gasteiger partial charge in [-0.15, -0.1) is 6.58 Å². The summed E-state index contributed by atoms with van der Waals surface area (Å²) in [5.41, 5.74) is 0. The molecule has 0 aliphatic carbocycles. The van der Waals surface area contributed by atoms with Crippen molar-refractivity contribution >= 4 is 5.91 Å². The molecular formula is C12H23NO2. The Bertz CT molecular complexity index is 180. The van der Waals surface area contributed by atoms with Gasteiger partial charge in [0.25, 0.3) is 0 Å². The Labute approximate surface area is 92.8 Å². The van der Waals surface area contributed by atoms with E-state index in [1.54, 1.807) is 6.08 Å². The maximum atomic E-state index is 11.6. The fourth-order valence-electron chi connectivity index (χ4n) is 1.44. The molecule has 88 valence electrons. The molecule has 0 saturated carbocycles. The van der Waals surface area contributed by atoms with Gasteiger partial charge in [0.15, 0.2) is 0 Å². The number of unbranched alkanes of at least 4 members (excludes halogenated alkanes) is 2. The number of rotatable bonds is 9. The number of carbonyl (C=O) groups excluding carboxylic acids is 1. The average Bonchev–Trinajstić information content (AvgIpc) is 2.23. The van der Waals surface area contributed by atoms with Gasteiger partial charge >= 0.3 is 0 Å². The van der Waals surface area contributed by atoms with Crippen LogP contribution in [-0.2, 0) is 4.79 Å². The van der Waals surface area contributed by atoms with E-state index in [1.807, 2.05) is 11.8 Å². The minimum Gasteiger partial charge on any atom is -0.396 e. The van der Waals surface area contributed by atoms with Gasteiger partial charge in [-0.25, -0.2) is 0 Å². The van der Waals surface area contributed by atoms with Crippen molar-refractivity contribution in [3.63, 3.8) is 0 Å². The van der Waals surface area contributed by atoms with Crippen molar-refractivity contribution in [3.05, 3.63) is 12.7 Å². The summed E-state index contributed by atoms with van der Waals surface area (Å²) in [5.74, 6) is 0.210. The molecule has 0 radical (unpaired) electrons. The van der Waals surface area contributed by atoms with Crippen molar-refractivity contribution in [2.75, 3.05) is 19.7 Å². The van der Waals surface area contributed by atoms with Crippen LogP contribution in [0.1, 0.15) is 39.0 Å².